The number of hydrogen-bond acceptors (Lipinski definition) is 3. The highest BCUT2D eigenvalue weighted by Crippen LogP contribution is 2.21. The fourth-order valence-electron chi connectivity index (χ4n) is 2.24. The SMILES string of the molecule is CC(C)CCNC(=O)C1CC(c2ccccc2)NN1. The second-order valence-electron chi connectivity index (χ2n) is 5.51. The van der Waals surface area contributed by atoms with E-state index in [2.05, 4.69) is 42.1 Å². The van der Waals surface area contributed by atoms with E-state index in [1.165, 1.54) is 5.56 Å². The van der Waals surface area contributed by atoms with Gasteiger partial charge in [-0.1, -0.05) is 44.2 Å². The Morgan fingerprint density at radius 1 is 1.32 bits per heavy atom. The summed E-state index contributed by atoms with van der Waals surface area (Å²) in [5.74, 6) is 0.707. The molecule has 19 heavy (non-hydrogen) atoms. The molecule has 1 aromatic carbocycles. The van der Waals surface area contributed by atoms with Crippen LogP contribution in [-0.2, 0) is 4.79 Å². The van der Waals surface area contributed by atoms with E-state index in [0.29, 0.717) is 5.92 Å². The predicted octanol–water partition coefficient (Wildman–Crippen LogP) is 1.76. The van der Waals surface area contributed by atoms with E-state index >= 15 is 0 Å². The molecule has 2 rings (SSSR count). The van der Waals surface area contributed by atoms with Crippen LogP contribution >= 0.6 is 0 Å². The molecule has 2 unspecified atom stereocenters. The molecule has 0 spiro atoms. The summed E-state index contributed by atoms with van der Waals surface area (Å²) < 4.78 is 0. The second-order valence-corrected chi connectivity index (χ2v) is 5.51. The van der Waals surface area contributed by atoms with Crippen molar-refractivity contribution in [3.8, 4) is 0 Å². The number of rotatable bonds is 5. The smallest absolute Gasteiger partial charge is 0.238 e. The lowest BCUT2D eigenvalue weighted by molar-refractivity contribution is -0.122. The van der Waals surface area contributed by atoms with Gasteiger partial charge in [-0.2, -0.15) is 0 Å². The van der Waals surface area contributed by atoms with Crippen molar-refractivity contribution in [1.29, 1.82) is 0 Å². The molecule has 2 atom stereocenters. The molecule has 1 aromatic rings. The number of nitrogens with one attached hydrogen (secondary N) is 3. The molecule has 4 heteroatoms. The second kappa shape index (κ2) is 6.68. The maximum atomic E-state index is 12.0. The van der Waals surface area contributed by atoms with Crippen LogP contribution in [0.4, 0.5) is 0 Å². The molecule has 0 aromatic heterocycles. The predicted molar refractivity (Wildman–Crippen MR) is 76.3 cm³/mol. The highest BCUT2D eigenvalue weighted by atomic mass is 16.2. The molecule has 1 amide bonds. The standard InChI is InChI=1S/C15H23N3O/c1-11(2)8-9-16-15(19)14-10-13(17-18-14)12-6-4-3-5-7-12/h3-7,11,13-14,17-18H,8-10H2,1-2H3,(H,16,19). The van der Waals surface area contributed by atoms with E-state index in [4.69, 9.17) is 0 Å². The summed E-state index contributed by atoms with van der Waals surface area (Å²) >= 11 is 0. The van der Waals surface area contributed by atoms with Gasteiger partial charge in [0, 0.05) is 12.6 Å². The number of carbonyl (C=O) groups is 1. The van der Waals surface area contributed by atoms with Crippen molar-refractivity contribution in [3.05, 3.63) is 35.9 Å². The van der Waals surface area contributed by atoms with E-state index in [1.54, 1.807) is 0 Å². The maximum Gasteiger partial charge on any atom is 0.238 e. The molecule has 1 aliphatic rings. The molecule has 3 N–H and O–H groups in total. The first-order valence-corrected chi connectivity index (χ1v) is 7.00. The number of hydrogen-bond donors (Lipinski definition) is 3. The van der Waals surface area contributed by atoms with Crippen molar-refractivity contribution in [2.45, 2.75) is 38.8 Å². The molecule has 0 radical (unpaired) electrons. The normalized spacial score (nSPS) is 22.7. The minimum Gasteiger partial charge on any atom is -0.355 e. The first-order chi connectivity index (χ1) is 9.16. The van der Waals surface area contributed by atoms with Crippen molar-refractivity contribution < 1.29 is 4.79 Å². The zero-order valence-corrected chi connectivity index (χ0v) is 11.6. The van der Waals surface area contributed by atoms with Gasteiger partial charge < -0.3 is 5.32 Å². The molecule has 1 saturated heterocycles. The van der Waals surface area contributed by atoms with Gasteiger partial charge in [-0.15, -0.1) is 0 Å². The molecule has 0 saturated carbocycles. The van der Waals surface area contributed by atoms with Crippen LogP contribution in [0, 0.1) is 5.92 Å². The Hall–Kier alpha value is -1.39. The van der Waals surface area contributed by atoms with Gasteiger partial charge in [-0.05, 0) is 24.3 Å². The minimum absolute atomic E-state index is 0.0894. The molecular formula is C15H23N3O. The average Bonchev–Trinajstić information content (AvgIpc) is 2.89. The van der Waals surface area contributed by atoms with Crippen LogP contribution in [0.2, 0.25) is 0 Å². The lowest BCUT2D eigenvalue weighted by Crippen LogP contribution is -2.43. The molecule has 0 aliphatic carbocycles. The Bertz CT molecular complexity index is 405. The third kappa shape index (κ3) is 4.04. The fourth-order valence-corrected chi connectivity index (χ4v) is 2.24. The van der Waals surface area contributed by atoms with Crippen LogP contribution in [-0.4, -0.2) is 18.5 Å². The van der Waals surface area contributed by atoms with Crippen LogP contribution in [0.5, 0.6) is 0 Å². The summed E-state index contributed by atoms with van der Waals surface area (Å²) in [5, 5.41) is 2.99. The van der Waals surface area contributed by atoms with E-state index in [0.717, 1.165) is 19.4 Å². The lowest BCUT2D eigenvalue weighted by atomic mass is 10.0. The monoisotopic (exact) mass is 261 g/mol. The summed E-state index contributed by atoms with van der Waals surface area (Å²) in [6.07, 6.45) is 1.81. The Morgan fingerprint density at radius 3 is 2.74 bits per heavy atom. The van der Waals surface area contributed by atoms with Gasteiger partial charge >= 0.3 is 0 Å². The number of carbonyl (C=O) groups excluding carboxylic acids is 1. The molecule has 1 aliphatic heterocycles. The number of benzene rings is 1. The molecule has 0 bridgehead atoms. The van der Waals surface area contributed by atoms with Gasteiger partial charge in [0.15, 0.2) is 0 Å². The van der Waals surface area contributed by atoms with Crippen molar-refractivity contribution >= 4 is 5.91 Å². The quantitative estimate of drug-likeness (QED) is 0.757. The van der Waals surface area contributed by atoms with E-state index in [-0.39, 0.29) is 18.0 Å². The summed E-state index contributed by atoms with van der Waals surface area (Å²) in [6.45, 7) is 5.07. The molecular weight excluding hydrogens is 238 g/mol. The highest BCUT2D eigenvalue weighted by Gasteiger charge is 2.29. The molecule has 1 fully saturated rings. The van der Waals surface area contributed by atoms with Crippen LogP contribution < -0.4 is 16.2 Å². The zero-order chi connectivity index (χ0) is 13.7. The largest absolute Gasteiger partial charge is 0.355 e. The molecule has 104 valence electrons. The molecule has 1 heterocycles. The summed E-state index contributed by atoms with van der Waals surface area (Å²) in [5.41, 5.74) is 7.49. The Kier molecular flexibility index (Phi) is 4.93. The fraction of sp³-hybridized carbons (Fsp3) is 0.533. The van der Waals surface area contributed by atoms with E-state index < -0.39 is 0 Å². The van der Waals surface area contributed by atoms with Gasteiger partial charge in [0.25, 0.3) is 0 Å². The number of amides is 1. The van der Waals surface area contributed by atoms with E-state index in [1.807, 2.05) is 18.2 Å². The van der Waals surface area contributed by atoms with Crippen LogP contribution in [0.15, 0.2) is 30.3 Å². The van der Waals surface area contributed by atoms with Gasteiger partial charge in [0.2, 0.25) is 5.91 Å². The topological polar surface area (TPSA) is 53.2 Å². The van der Waals surface area contributed by atoms with Crippen molar-refractivity contribution in [2.24, 2.45) is 5.92 Å². The summed E-state index contributed by atoms with van der Waals surface area (Å²) in [7, 11) is 0. The summed E-state index contributed by atoms with van der Waals surface area (Å²) in [4.78, 5) is 12.0. The van der Waals surface area contributed by atoms with Gasteiger partial charge in [-0.25, -0.2) is 10.9 Å². The van der Waals surface area contributed by atoms with Crippen LogP contribution in [0.25, 0.3) is 0 Å². The van der Waals surface area contributed by atoms with Crippen molar-refractivity contribution in [1.82, 2.24) is 16.2 Å². The Morgan fingerprint density at radius 2 is 2.05 bits per heavy atom. The third-order valence-electron chi connectivity index (χ3n) is 3.44. The van der Waals surface area contributed by atoms with Gasteiger partial charge in [0.1, 0.15) is 6.04 Å². The number of hydrazine groups is 1. The zero-order valence-electron chi connectivity index (χ0n) is 11.6. The van der Waals surface area contributed by atoms with E-state index in [9.17, 15) is 4.79 Å². The van der Waals surface area contributed by atoms with Gasteiger partial charge in [0.05, 0.1) is 0 Å². The lowest BCUT2D eigenvalue weighted by Gasteiger charge is -2.11. The average molecular weight is 261 g/mol. The summed E-state index contributed by atoms with van der Waals surface area (Å²) in [6, 6.07) is 10.3. The first kappa shape index (κ1) is 14.0. The Balaban J connectivity index is 1.80. The minimum atomic E-state index is -0.141. The first-order valence-electron chi connectivity index (χ1n) is 7.00. The van der Waals surface area contributed by atoms with Crippen LogP contribution in [0.3, 0.4) is 0 Å². The maximum absolute atomic E-state index is 12.0. The molecule has 4 nitrogen and oxygen atoms in total. The highest BCUT2D eigenvalue weighted by molar-refractivity contribution is 5.82. The Labute approximate surface area is 114 Å². The van der Waals surface area contributed by atoms with Crippen molar-refractivity contribution in [3.63, 3.8) is 0 Å². The third-order valence-corrected chi connectivity index (χ3v) is 3.44. The van der Waals surface area contributed by atoms with Crippen molar-refractivity contribution in [2.75, 3.05) is 6.54 Å². The van der Waals surface area contributed by atoms with Gasteiger partial charge in [-0.3, -0.25) is 4.79 Å². The van der Waals surface area contributed by atoms with Crippen LogP contribution in [0.1, 0.15) is 38.3 Å².